The van der Waals surface area contributed by atoms with Crippen LogP contribution >= 0.6 is 0 Å². The fourth-order valence-corrected chi connectivity index (χ4v) is 2.40. The topological polar surface area (TPSA) is 117 Å². The molecule has 0 spiro atoms. The Labute approximate surface area is 133 Å². The first-order valence-corrected chi connectivity index (χ1v) is 7.09. The Balaban J connectivity index is 3.62. The van der Waals surface area contributed by atoms with E-state index in [9.17, 15) is 20.2 Å². The molecular formula is C14H21N3O6. The minimum absolute atomic E-state index is 0.00478. The number of rotatable bonds is 9. The van der Waals surface area contributed by atoms with Crippen LogP contribution in [0, 0.1) is 20.2 Å². The van der Waals surface area contributed by atoms with Gasteiger partial charge in [0.15, 0.2) is 5.69 Å². The van der Waals surface area contributed by atoms with Gasteiger partial charge >= 0.3 is 5.69 Å². The number of hydrogen-bond donors (Lipinski definition) is 1. The van der Waals surface area contributed by atoms with E-state index < -0.39 is 9.85 Å². The van der Waals surface area contributed by atoms with Gasteiger partial charge in [0.25, 0.3) is 5.69 Å². The fraction of sp³-hybridized carbons (Fsp3) is 0.571. The molecule has 0 bridgehead atoms. The van der Waals surface area contributed by atoms with Crippen molar-refractivity contribution >= 4 is 17.1 Å². The smallest absolute Gasteiger partial charge is 0.305 e. The molecule has 9 nitrogen and oxygen atoms in total. The summed E-state index contributed by atoms with van der Waals surface area (Å²) in [5.74, 6) is 0. The molecular weight excluding hydrogens is 306 g/mol. The molecule has 1 aromatic rings. The Morgan fingerprint density at radius 1 is 1.22 bits per heavy atom. The fourth-order valence-electron chi connectivity index (χ4n) is 2.40. The first-order valence-electron chi connectivity index (χ1n) is 7.09. The van der Waals surface area contributed by atoms with Gasteiger partial charge < -0.3 is 14.8 Å². The monoisotopic (exact) mass is 327 g/mol. The molecule has 0 saturated heterocycles. The summed E-state index contributed by atoms with van der Waals surface area (Å²) in [6, 6.07) is 1.03. The maximum atomic E-state index is 11.6. The van der Waals surface area contributed by atoms with Crippen LogP contribution in [0.4, 0.5) is 17.1 Å². The molecule has 0 aromatic heterocycles. The van der Waals surface area contributed by atoms with E-state index in [1.54, 1.807) is 13.8 Å². The van der Waals surface area contributed by atoms with Gasteiger partial charge in [0.2, 0.25) is 0 Å². The van der Waals surface area contributed by atoms with Crippen molar-refractivity contribution < 1.29 is 19.3 Å². The van der Waals surface area contributed by atoms with E-state index in [0.29, 0.717) is 17.5 Å². The summed E-state index contributed by atoms with van der Waals surface area (Å²) in [7, 11) is 2.91. The highest BCUT2D eigenvalue weighted by Gasteiger charge is 2.32. The zero-order valence-corrected chi connectivity index (χ0v) is 13.6. The summed E-state index contributed by atoms with van der Waals surface area (Å²) in [6.07, 6.45) is 0.425. The van der Waals surface area contributed by atoms with Gasteiger partial charge in [-0.3, -0.25) is 20.2 Å². The summed E-state index contributed by atoms with van der Waals surface area (Å²) in [6.45, 7) is 3.76. The molecule has 0 aliphatic rings. The lowest BCUT2D eigenvalue weighted by molar-refractivity contribution is -0.393. The molecule has 1 unspecified atom stereocenters. The molecule has 1 aromatic carbocycles. The Morgan fingerprint density at radius 3 is 2.30 bits per heavy atom. The van der Waals surface area contributed by atoms with Gasteiger partial charge in [-0.1, -0.05) is 6.92 Å². The van der Waals surface area contributed by atoms with Crippen LogP contribution in [0.15, 0.2) is 6.07 Å². The summed E-state index contributed by atoms with van der Waals surface area (Å²) in [5, 5.41) is 25.7. The second-order valence-electron chi connectivity index (χ2n) is 5.06. The molecule has 0 radical (unpaired) electrons. The second kappa shape index (κ2) is 8.39. The average Bonchev–Trinajstić information content (AvgIpc) is 2.47. The Bertz CT molecular complexity index is 590. The molecule has 0 aliphatic heterocycles. The number of methoxy groups -OCH3 is 2. The van der Waals surface area contributed by atoms with Gasteiger partial charge in [0.05, 0.1) is 28.6 Å². The van der Waals surface area contributed by atoms with Gasteiger partial charge in [-0.2, -0.15) is 0 Å². The van der Waals surface area contributed by atoms with Gasteiger partial charge in [0.1, 0.15) is 0 Å². The van der Waals surface area contributed by atoms with E-state index in [1.807, 2.05) is 0 Å². The van der Waals surface area contributed by atoms with E-state index in [1.165, 1.54) is 20.3 Å². The third-order valence-electron chi connectivity index (χ3n) is 3.33. The Morgan fingerprint density at radius 2 is 1.87 bits per heavy atom. The van der Waals surface area contributed by atoms with E-state index in [2.05, 4.69) is 5.32 Å². The number of hydrogen-bond acceptors (Lipinski definition) is 7. The number of nitro benzene ring substituents is 2. The largest absolute Gasteiger partial charge is 0.383 e. The van der Waals surface area contributed by atoms with Crippen molar-refractivity contribution in [1.82, 2.24) is 0 Å². The number of nitro groups is 2. The molecule has 0 aliphatic carbocycles. The van der Waals surface area contributed by atoms with Crippen LogP contribution in [0.1, 0.15) is 25.0 Å². The average molecular weight is 327 g/mol. The number of benzene rings is 1. The van der Waals surface area contributed by atoms with Crippen LogP contribution < -0.4 is 5.32 Å². The highest BCUT2D eigenvalue weighted by Crippen LogP contribution is 2.40. The molecule has 0 heterocycles. The predicted octanol–water partition coefficient (Wildman–Crippen LogP) is 2.66. The number of ether oxygens (including phenoxy) is 2. The number of nitrogens with zero attached hydrogens (tertiary/aromatic N) is 2. The highest BCUT2D eigenvalue weighted by molar-refractivity contribution is 5.78. The van der Waals surface area contributed by atoms with E-state index >= 15 is 0 Å². The summed E-state index contributed by atoms with van der Waals surface area (Å²) < 4.78 is 10.0. The van der Waals surface area contributed by atoms with Crippen LogP contribution in [0.3, 0.4) is 0 Å². The van der Waals surface area contributed by atoms with Gasteiger partial charge in [0, 0.05) is 26.3 Å². The normalized spacial score (nSPS) is 12.0. The summed E-state index contributed by atoms with van der Waals surface area (Å²) in [4.78, 5) is 21.7. The number of anilines is 1. The first-order chi connectivity index (χ1) is 10.9. The van der Waals surface area contributed by atoms with E-state index in [0.717, 1.165) is 0 Å². The quantitative estimate of drug-likeness (QED) is 0.547. The molecule has 9 heteroatoms. The number of nitrogens with one attached hydrogen (secondary N) is 1. The van der Waals surface area contributed by atoms with Crippen molar-refractivity contribution in [3.05, 3.63) is 37.4 Å². The van der Waals surface area contributed by atoms with Gasteiger partial charge in [-0.15, -0.1) is 0 Å². The lowest BCUT2D eigenvalue weighted by Crippen LogP contribution is -2.23. The van der Waals surface area contributed by atoms with Crippen LogP contribution in [0.2, 0.25) is 0 Å². The molecule has 1 atom stereocenters. The van der Waals surface area contributed by atoms with Crippen LogP contribution in [-0.2, 0) is 22.5 Å². The molecule has 0 fully saturated rings. The summed E-state index contributed by atoms with van der Waals surface area (Å²) >= 11 is 0. The maximum absolute atomic E-state index is 11.6. The standard InChI is InChI=1S/C14H21N3O6/c1-5-10-6-12(16(18)19)13(15-9(2)7-22-3)14(17(20)21)11(10)8-23-4/h6,9,15H,5,7-8H2,1-4H3. The molecule has 128 valence electrons. The molecule has 23 heavy (non-hydrogen) atoms. The van der Waals surface area contributed by atoms with Crippen molar-refractivity contribution in [2.75, 3.05) is 26.1 Å². The van der Waals surface area contributed by atoms with Crippen molar-refractivity contribution in [1.29, 1.82) is 0 Å². The zero-order chi connectivity index (χ0) is 17.6. The zero-order valence-electron chi connectivity index (χ0n) is 13.6. The summed E-state index contributed by atoms with van der Waals surface area (Å²) in [5.41, 5.74) is 0.110. The van der Waals surface area contributed by atoms with E-state index in [-0.39, 0.29) is 36.3 Å². The minimum Gasteiger partial charge on any atom is -0.383 e. The molecule has 0 amide bonds. The SMILES string of the molecule is CCc1cc([N+](=O)[O-])c(NC(C)COC)c([N+](=O)[O-])c1COC. The predicted molar refractivity (Wildman–Crippen MR) is 84.8 cm³/mol. The first kappa shape index (κ1) is 18.8. The van der Waals surface area contributed by atoms with Crippen LogP contribution in [-0.4, -0.2) is 36.7 Å². The van der Waals surface area contributed by atoms with Gasteiger partial charge in [-0.25, -0.2) is 0 Å². The van der Waals surface area contributed by atoms with Crippen molar-refractivity contribution in [3.8, 4) is 0 Å². The van der Waals surface area contributed by atoms with Crippen molar-refractivity contribution in [2.24, 2.45) is 0 Å². The van der Waals surface area contributed by atoms with Crippen molar-refractivity contribution in [2.45, 2.75) is 32.9 Å². The third kappa shape index (κ3) is 4.36. The highest BCUT2D eigenvalue weighted by atomic mass is 16.6. The lowest BCUT2D eigenvalue weighted by Gasteiger charge is -2.17. The van der Waals surface area contributed by atoms with Crippen LogP contribution in [0.25, 0.3) is 0 Å². The lowest BCUT2D eigenvalue weighted by atomic mass is 10.00. The van der Waals surface area contributed by atoms with Crippen molar-refractivity contribution in [3.63, 3.8) is 0 Å². The minimum atomic E-state index is -0.620. The molecule has 1 N–H and O–H groups in total. The molecule has 1 rings (SSSR count). The van der Waals surface area contributed by atoms with Gasteiger partial charge in [-0.05, 0) is 18.9 Å². The molecule has 0 saturated carbocycles. The maximum Gasteiger partial charge on any atom is 0.305 e. The third-order valence-corrected chi connectivity index (χ3v) is 3.33. The number of aryl methyl sites for hydroxylation is 1. The van der Waals surface area contributed by atoms with E-state index in [4.69, 9.17) is 9.47 Å². The van der Waals surface area contributed by atoms with Crippen LogP contribution in [0.5, 0.6) is 0 Å². The second-order valence-corrected chi connectivity index (χ2v) is 5.06. The Kier molecular flexibility index (Phi) is 6.86. The Hall–Kier alpha value is -2.26.